The predicted octanol–water partition coefficient (Wildman–Crippen LogP) is 5.47. The molecule has 2 N–H and O–H groups in total. The summed E-state index contributed by atoms with van der Waals surface area (Å²) in [7, 11) is -4.03. The molecule has 0 aliphatic heterocycles. The number of sulfonamides is 1. The summed E-state index contributed by atoms with van der Waals surface area (Å²) < 4.78 is 29.0. The van der Waals surface area contributed by atoms with Crippen LogP contribution in [0.3, 0.4) is 0 Å². The van der Waals surface area contributed by atoms with Crippen molar-refractivity contribution in [1.29, 1.82) is 0 Å². The van der Waals surface area contributed by atoms with Crippen molar-refractivity contribution < 1.29 is 18.0 Å². The SMILES string of the molecule is CC(C)NC(=O)c1ccccc1NC(=O)c1ccccc1N(Cc1ccccc1)S(=O)(=O)c1ccccc1. The second-order valence-electron chi connectivity index (χ2n) is 8.96. The van der Waals surface area contributed by atoms with Gasteiger partial charge in [0.2, 0.25) is 0 Å². The van der Waals surface area contributed by atoms with E-state index in [2.05, 4.69) is 10.6 Å². The molecule has 0 saturated carbocycles. The zero-order chi connectivity index (χ0) is 27.1. The Morgan fingerprint density at radius 2 is 1.26 bits per heavy atom. The predicted molar refractivity (Wildman–Crippen MR) is 150 cm³/mol. The molecule has 0 atom stereocenters. The van der Waals surface area contributed by atoms with Crippen LogP contribution in [0, 0.1) is 0 Å². The Hall–Kier alpha value is -4.43. The van der Waals surface area contributed by atoms with Crippen molar-refractivity contribution in [2.45, 2.75) is 31.3 Å². The lowest BCUT2D eigenvalue weighted by Crippen LogP contribution is -2.33. The fraction of sp³-hybridized carbons (Fsp3) is 0.133. The summed E-state index contributed by atoms with van der Waals surface area (Å²) in [5.41, 5.74) is 1.78. The fourth-order valence-electron chi connectivity index (χ4n) is 3.97. The lowest BCUT2D eigenvalue weighted by Gasteiger charge is -2.26. The number of carbonyl (C=O) groups is 2. The van der Waals surface area contributed by atoms with E-state index in [-0.39, 0.29) is 34.6 Å². The topological polar surface area (TPSA) is 95.6 Å². The van der Waals surface area contributed by atoms with Gasteiger partial charge < -0.3 is 10.6 Å². The minimum absolute atomic E-state index is 0.0236. The van der Waals surface area contributed by atoms with E-state index >= 15 is 0 Å². The molecular weight excluding hydrogens is 498 g/mol. The molecule has 0 aromatic heterocycles. The average molecular weight is 528 g/mol. The van der Waals surface area contributed by atoms with Gasteiger partial charge in [-0.15, -0.1) is 0 Å². The maximum absolute atomic E-state index is 13.9. The van der Waals surface area contributed by atoms with Gasteiger partial charge in [0.25, 0.3) is 21.8 Å². The summed E-state index contributed by atoms with van der Waals surface area (Å²) in [6, 6.07) is 30.5. The van der Waals surface area contributed by atoms with Crippen LogP contribution in [0.5, 0.6) is 0 Å². The van der Waals surface area contributed by atoms with Crippen LogP contribution in [0.2, 0.25) is 0 Å². The first-order valence-corrected chi connectivity index (χ1v) is 13.6. The standard InChI is InChI=1S/C30H29N3O4S/c1-22(2)31-29(34)25-17-9-11-19-27(25)32-30(35)26-18-10-12-20-28(26)33(21-23-13-5-3-6-14-23)38(36,37)24-15-7-4-8-16-24/h3-20,22H,21H2,1-2H3,(H,31,34)(H,32,35). The van der Waals surface area contributed by atoms with Gasteiger partial charge >= 0.3 is 0 Å². The molecule has 194 valence electrons. The molecule has 0 aliphatic rings. The third-order valence-corrected chi connectivity index (χ3v) is 7.53. The van der Waals surface area contributed by atoms with E-state index < -0.39 is 15.9 Å². The van der Waals surface area contributed by atoms with Gasteiger partial charge in [0, 0.05) is 6.04 Å². The van der Waals surface area contributed by atoms with E-state index in [4.69, 9.17) is 0 Å². The lowest BCUT2D eigenvalue weighted by molar-refractivity contribution is 0.0944. The van der Waals surface area contributed by atoms with Crippen LogP contribution in [-0.2, 0) is 16.6 Å². The summed E-state index contributed by atoms with van der Waals surface area (Å²) >= 11 is 0. The van der Waals surface area contributed by atoms with Gasteiger partial charge in [0.15, 0.2) is 0 Å². The third-order valence-electron chi connectivity index (χ3n) is 5.76. The Balaban J connectivity index is 1.75. The number of nitrogens with zero attached hydrogens (tertiary/aromatic N) is 1. The summed E-state index contributed by atoms with van der Waals surface area (Å²) in [5, 5.41) is 5.64. The normalized spacial score (nSPS) is 11.1. The first-order valence-electron chi connectivity index (χ1n) is 12.2. The maximum Gasteiger partial charge on any atom is 0.264 e. The van der Waals surface area contributed by atoms with Crippen LogP contribution in [0.25, 0.3) is 0 Å². The highest BCUT2D eigenvalue weighted by molar-refractivity contribution is 7.92. The van der Waals surface area contributed by atoms with Crippen molar-refractivity contribution in [1.82, 2.24) is 5.32 Å². The van der Waals surface area contributed by atoms with Crippen LogP contribution in [0.4, 0.5) is 11.4 Å². The lowest BCUT2D eigenvalue weighted by atomic mass is 10.1. The summed E-state index contributed by atoms with van der Waals surface area (Å²) in [5.74, 6) is -0.853. The number of rotatable bonds is 9. The zero-order valence-electron chi connectivity index (χ0n) is 21.2. The Morgan fingerprint density at radius 1 is 0.711 bits per heavy atom. The number of para-hydroxylation sites is 2. The van der Waals surface area contributed by atoms with Crippen molar-refractivity contribution in [3.8, 4) is 0 Å². The summed E-state index contributed by atoms with van der Waals surface area (Å²) in [4.78, 5) is 26.4. The van der Waals surface area contributed by atoms with Crippen molar-refractivity contribution in [3.05, 3.63) is 126 Å². The highest BCUT2D eigenvalue weighted by Crippen LogP contribution is 2.30. The van der Waals surface area contributed by atoms with E-state index in [1.807, 2.05) is 44.2 Å². The first kappa shape index (κ1) is 26.6. The zero-order valence-corrected chi connectivity index (χ0v) is 22.0. The number of anilines is 2. The molecule has 0 spiro atoms. The molecule has 4 rings (SSSR count). The number of carbonyl (C=O) groups excluding carboxylic acids is 2. The largest absolute Gasteiger partial charge is 0.350 e. The van der Waals surface area contributed by atoms with E-state index in [0.29, 0.717) is 11.3 Å². The van der Waals surface area contributed by atoms with Gasteiger partial charge in [-0.1, -0.05) is 72.8 Å². The number of nitrogens with one attached hydrogen (secondary N) is 2. The Morgan fingerprint density at radius 3 is 1.92 bits per heavy atom. The Bertz CT molecular complexity index is 1520. The van der Waals surface area contributed by atoms with E-state index in [9.17, 15) is 18.0 Å². The van der Waals surface area contributed by atoms with E-state index in [0.717, 1.165) is 5.56 Å². The highest BCUT2D eigenvalue weighted by Gasteiger charge is 2.29. The molecule has 38 heavy (non-hydrogen) atoms. The molecule has 8 heteroatoms. The van der Waals surface area contributed by atoms with Crippen molar-refractivity contribution in [3.63, 3.8) is 0 Å². The van der Waals surface area contributed by atoms with Crippen molar-refractivity contribution in [2.24, 2.45) is 0 Å². The van der Waals surface area contributed by atoms with Crippen LogP contribution in [0.1, 0.15) is 40.1 Å². The smallest absolute Gasteiger partial charge is 0.264 e. The highest BCUT2D eigenvalue weighted by atomic mass is 32.2. The van der Waals surface area contributed by atoms with Crippen LogP contribution >= 0.6 is 0 Å². The van der Waals surface area contributed by atoms with E-state index in [1.165, 1.54) is 16.4 Å². The number of hydrogen-bond acceptors (Lipinski definition) is 4. The first-order chi connectivity index (χ1) is 18.3. The third kappa shape index (κ3) is 6.10. The molecule has 0 bridgehead atoms. The molecule has 0 radical (unpaired) electrons. The monoisotopic (exact) mass is 527 g/mol. The second kappa shape index (κ2) is 11.7. The molecule has 7 nitrogen and oxygen atoms in total. The minimum Gasteiger partial charge on any atom is -0.350 e. The Labute approximate surface area is 223 Å². The maximum atomic E-state index is 13.9. The number of hydrogen-bond donors (Lipinski definition) is 2. The van der Waals surface area contributed by atoms with Gasteiger partial charge in [0.1, 0.15) is 0 Å². The van der Waals surface area contributed by atoms with Gasteiger partial charge in [-0.05, 0) is 55.8 Å². The molecule has 0 heterocycles. The fourth-order valence-corrected chi connectivity index (χ4v) is 5.46. The molecule has 0 unspecified atom stereocenters. The summed E-state index contributed by atoms with van der Waals surface area (Å²) in [6.45, 7) is 3.73. The van der Waals surface area contributed by atoms with Gasteiger partial charge in [-0.2, -0.15) is 0 Å². The average Bonchev–Trinajstić information content (AvgIpc) is 2.92. The van der Waals surface area contributed by atoms with E-state index in [1.54, 1.807) is 66.7 Å². The molecule has 4 aromatic carbocycles. The second-order valence-corrected chi connectivity index (χ2v) is 10.8. The molecule has 2 amide bonds. The van der Waals surface area contributed by atoms with Crippen LogP contribution in [0.15, 0.2) is 114 Å². The number of benzene rings is 4. The molecule has 0 fully saturated rings. The van der Waals surface area contributed by atoms with Crippen molar-refractivity contribution in [2.75, 3.05) is 9.62 Å². The number of amides is 2. The summed E-state index contributed by atoms with van der Waals surface area (Å²) in [6.07, 6.45) is 0. The molecular formula is C30H29N3O4S. The molecule has 0 aliphatic carbocycles. The Kier molecular flexibility index (Phi) is 8.23. The molecule has 4 aromatic rings. The van der Waals surface area contributed by atoms with Crippen LogP contribution < -0.4 is 14.9 Å². The minimum atomic E-state index is -4.03. The van der Waals surface area contributed by atoms with Gasteiger partial charge in [-0.3, -0.25) is 13.9 Å². The van der Waals surface area contributed by atoms with Gasteiger partial charge in [-0.25, -0.2) is 8.42 Å². The van der Waals surface area contributed by atoms with Gasteiger partial charge in [0.05, 0.1) is 33.9 Å². The van der Waals surface area contributed by atoms with Crippen LogP contribution in [-0.4, -0.2) is 26.3 Å². The quantitative estimate of drug-likeness (QED) is 0.302. The van der Waals surface area contributed by atoms with Crippen molar-refractivity contribution >= 4 is 33.2 Å². The molecule has 0 saturated heterocycles.